The Kier molecular flexibility index (Phi) is 5.51. The molecule has 154 valence electrons. The second-order valence-corrected chi connectivity index (χ2v) is 7.31. The number of imidazole rings is 1. The van der Waals surface area contributed by atoms with Gasteiger partial charge in [-0.2, -0.15) is 0 Å². The smallest absolute Gasteiger partial charge is 0.355 e. The summed E-state index contributed by atoms with van der Waals surface area (Å²) in [6.07, 6.45) is 3.41. The predicted octanol–water partition coefficient (Wildman–Crippen LogP) is 2.78. The Morgan fingerprint density at radius 3 is 2.70 bits per heavy atom. The molecule has 1 aromatic carbocycles. The van der Waals surface area contributed by atoms with Crippen molar-refractivity contribution in [1.82, 2.24) is 15.0 Å². The fourth-order valence-corrected chi connectivity index (χ4v) is 3.56. The molecule has 0 aliphatic carbocycles. The molecule has 0 amide bonds. The Bertz CT molecular complexity index is 1170. The van der Waals surface area contributed by atoms with Gasteiger partial charge in [0.1, 0.15) is 18.3 Å². The van der Waals surface area contributed by atoms with Crippen molar-refractivity contribution >= 4 is 44.6 Å². The van der Waals surface area contributed by atoms with Crippen LogP contribution in [0.15, 0.2) is 52.4 Å². The summed E-state index contributed by atoms with van der Waals surface area (Å²) in [6, 6.07) is 7.34. The second kappa shape index (κ2) is 8.25. The molecule has 3 heterocycles. The molecule has 0 fully saturated rings. The van der Waals surface area contributed by atoms with E-state index in [-0.39, 0.29) is 24.6 Å². The number of pyridine rings is 1. The van der Waals surface area contributed by atoms with Crippen molar-refractivity contribution in [2.75, 3.05) is 32.5 Å². The van der Waals surface area contributed by atoms with Gasteiger partial charge >= 0.3 is 11.9 Å². The molecule has 0 saturated carbocycles. The molecule has 0 spiro atoms. The van der Waals surface area contributed by atoms with E-state index in [9.17, 15) is 9.59 Å². The summed E-state index contributed by atoms with van der Waals surface area (Å²) in [5.41, 5.74) is 3.13. The molecule has 0 radical (unpaired) electrons. The van der Waals surface area contributed by atoms with Crippen molar-refractivity contribution in [1.29, 1.82) is 0 Å². The highest BCUT2D eigenvalue weighted by atomic mass is 79.9. The molecule has 3 aromatic rings. The van der Waals surface area contributed by atoms with Crippen LogP contribution in [0.1, 0.15) is 0 Å². The van der Waals surface area contributed by atoms with E-state index >= 15 is 0 Å². The zero-order chi connectivity index (χ0) is 21.3. The maximum absolute atomic E-state index is 12.4. The Morgan fingerprint density at radius 2 is 1.97 bits per heavy atom. The number of methoxy groups -OCH3 is 2. The van der Waals surface area contributed by atoms with Gasteiger partial charge in [0.2, 0.25) is 0 Å². The molecule has 1 N–H and O–H groups in total. The van der Waals surface area contributed by atoms with E-state index in [4.69, 9.17) is 14.2 Å². The van der Waals surface area contributed by atoms with Crippen molar-refractivity contribution < 1.29 is 23.8 Å². The monoisotopic (exact) mass is 472 g/mol. The van der Waals surface area contributed by atoms with E-state index in [2.05, 4.69) is 30.9 Å². The van der Waals surface area contributed by atoms with Gasteiger partial charge in [-0.05, 0) is 40.2 Å². The number of anilines is 1. The predicted molar refractivity (Wildman–Crippen MR) is 111 cm³/mol. The number of carbonyl (C=O) groups excluding carboxylic acids is 2. The van der Waals surface area contributed by atoms with Crippen molar-refractivity contribution in [2.45, 2.75) is 0 Å². The molecule has 1 aliphatic rings. The SMILES string of the molecule is COC(=O)C1=C(C(=O)OC)N(c2ccc3nc(-c4cncc(Br)c4)[nH]c3c2)COC1. The van der Waals surface area contributed by atoms with E-state index in [1.54, 1.807) is 23.4 Å². The minimum atomic E-state index is -0.649. The lowest BCUT2D eigenvalue weighted by molar-refractivity contribution is -0.140. The Labute approximate surface area is 179 Å². The maximum Gasteiger partial charge on any atom is 0.355 e. The zero-order valence-corrected chi connectivity index (χ0v) is 17.7. The number of nitrogens with zero attached hydrogens (tertiary/aromatic N) is 3. The van der Waals surface area contributed by atoms with E-state index in [0.717, 1.165) is 21.1 Å². The van der Waals surface area contributed by atoms with Crippen LogP contribution in [0.5, 0.6) is 0 Å². The summed E-state index contributed by atoms with van der Waals surface area (Å²) >= 11 is 3.41. The van der Waals surface area contributed by atoms with Gasteiger partial charge in [-0.25, -0.2) is 14.6 Å². The van der Waals surface area contributed by atoms with Gasteiger partial charge in [-0.15, -0.1) is 0 Å². The van der Waals surface area contributed by atoms with Gasteiger partial charge < -0.3 is 24.1 Å². The summed E-state index contributed by atoms with van der Waals surface area (Å²) in [4.78, 5) is 38.2. The molecule has 2 aromatic heterocycles. The van der Waals surface area contributed by atoms with Gasteiger partial charge in [0.05, 0.1) is 37.4 Å². The number of hydrogen-bond donors (Lipinski definition) is 1. The van der Waals surface area contributed by atoms with Gasteiger partial charge in [-0.1, -0.05) is 0 Å². The van der Waals surface area contributed by atoms with Crippen LogP contribution in [0.25, 0.3) is 22.4 Å². The molecule has 30 heavy (non-hydrogen) atoms. The topological polar surface area (TPSA) is 107 Å². The van der Waals surface area contributed by atoms with E-state index in [1.165, 1.54) is 14.2 Å². The number of aromatic nitrogens is 3. The number of ether oxygens (including phenoxy) is 3. The number of aromatic amines is 1. The third kappa shape index (κ3) is 3.66. The lowest BCUT2D eigenvalue weighted by atomic mass is 10.1. The van der Waals surface area contributed by atoms with Gasteiger partial charge in [0, 0.05) is 28.1 Å². The average Bonchev–Trinajstić information content (AvgIpc) is 3.21. The van der Waals surface area contributed by atoms with Crippen LogP contribution in [-0.4, -0.2) is 54.4 Å². The molecule has 9 nitrogen and oxygen atoms in total. The normalized spacial score (nSPS) is 14.2. The number of halogens is 1. The van der Waals surface area contributed by atoms with E-state index < -0.39 is 11.9 Å². The molecular formula is C20H17BrN4O5. The maximum atomic E-state index is 12.4. The minimum absolute atomic E-state index is 0.0417. The number of H-pyrrole nitrogens is 1. The minimum Gasteiger partial charge on any atom is -0.466 e. The molecule has 4 rings (SSSR count). The van der Waals surface area contributed by atoms with Crippen molar-refractivity contribution in [2.24, 2.45) is 0 Å². The zero-order valence-electron chi connectivity index (χ0n) is 16.1. The Balaban J connectivity index is 1.78. The van der Waals surface area contributed by atoms with Crippen molar-refractivity contribution in [3.63, 3.8) is 0 Å². The molecule has 0 unspecified atom stereocenters. The van der Waals surface area contributed by atoms with Crippen molar-refractivity contribution in [3.05, 3.63) is 52.4 Å². The second-order valence-electron chi connectivity index (χ2n) is 6.39. The van der Waals surface area contributed by atoms with Gasteiger partial charge in [0.15, 0.2) is 0 Å². The van der Waals surface area contributed by atoms with E-state index in [1.807, 2.05) is 18.2 Å². The molecule has 0 atom stereocenters. The van der Waals surface area contributed by atoms with Crippen LogP contribution in [0.3, 0.4) is 0 Å². The standard InChI is InChI=1S/C20H17BrN4O5/c1-28-19(26)14-9-30-10-25(17(14)20(27)29-2)13-3-4-15-16(6-13)24-18(23-15)11-5-12(21)8-22-7-11/h3-8H,9-10H2,1-2H3,(H,23,24). The van der Waals surface area contributed by atoms with Crippen LogP contribution in [0, 0.1) is 0 Å². The Hall–Kier alpha value is -3.24. The first-order valence-corrected chi connectivity index (χ1v) is 9.67. The summed E-state index contributed by atoms with van der Waals surface area (Å²) in [7, 11) is 2.51. The Morgan fingerprint density at radius 1 is 1.17 bits per heavy atom. The highest BCUT2D eigenvalue weighted by Gasteiger charge is 2.32. The van der Waals surface area contributed by atoms with Gasteiger partial charge in [-0.3, -0.25) is 4.98 Å². The summed E-state index contributed by atoms with van der Waals surface area (Å²) in [5, 5.41) is 0. The van der Waals surface area contributed by atoms with Crippen LogP contribution >= 0.6 is 15.9 Å². The largest absolute Gasteiger partial charge is 0.466 e. The average molecular weight is 473 g/mol. The number of carbonyl (C=O) groups is 2. The number of fused-ring (bicyclic) bond motifs is 1. The molecular weight excluding hydrogens is 456 g/mol. The molecule has 10 heteroatoms. The van der Waals surface area contributed by atoms with E-state index in [0.29, 0.717) is 11.5 Å². The quantitative estimate of drug-likeness (QED) is 0.577. The van der Waals surface area contributed by atoms with Crippen LogP contribution < -0.4 is 4.90 Å². The number of esters is 2. The fourth-order valence-electron chi connectivity index (χ4n) is 3.19. The highest BCUT2D eigenvalue weighted by molar-refractivity contribution is 9.10. The first-order valence-electron chi connectivity index (χ1n) is 8.87. The number of benzene rings is 1. The van der Waals surface area contributed by atoms with Crippen LogP contribution in [0.4, 0.5) is 5.69 Å². The van der Waals surface area contributed by atoms with Crippen molar-refractivity contribution in [3.8, 4) is 11.4 Å². The summed E-state index contributed by atoms with van der Waals surface area (Å²) < 4.78 is 16.0. The summed E-state index contributed by atoms with van der Waals surface area (Å²) in [6.45, 7) is 0.0346. The number of rotatable bonds is 4. The highest BCUT2D eigenvalue weighted by Crippen LogP contribution is 2.30. The molecule has 0 saturated heterocycles. The lowest BCUT2D eigenvalue weighted by Crippen LogP contribution is -2.38. The first-order chi connectivity index (χ1) is 14.5. The third-order valence-electron chi connectivity index (χ3n) is 4.59. The first kappa shape index (κ1) is 20.0. The van der Waals surface area contributed by atoms with Crippen LogP contribution in [0.2, 0.25) is 0 Å². The van der Waals surface area contributed by atoms with Crippen LogP contribution in [-0.2, 0) is 23.8 Å². The molecule has 1 aliphatic heterocycles. The van der Waals surface area contributed by atoms with Gasteiger partial charge in [0.25, 0.3) is 0 Å². The summed E-state index contributed by atoms with van der Waals surface area (Å²) in [5.74, 6) is -0.638. The number of nitrogens with one attached hydrogen (secondary N) is 1. The number of hydrogen-bond acceptors (Lipinski definition) is 8. The fraction of sp³-hybridized carbons (Fsp3) is 0.200. The lowest BCUT2D eigenvalue weighted by Gasteiger charge is -2.31. The molecule has 0 bridgehead atoms. The third-order valence-corrected chi connectivity index (χ3v) is 5.02.